The molecule has 0 saturated heterocycles. The highest BCUT2D eigenvalue weighted by Crippen LogP contribution is 2.25. The molecule has 186 valence electrons. The molecule has 2 N–H and O–H groups in total. The molecule has 0 heterocycles. The van der Waals surface area contributed by atoms with Gasteiger partial charge in [-0.3, -0.25) is 13.8 Å². The zero-order valence-electron chi connectivity index (χ0n) is 20.3. The molecular formula is C25H29N3O5S2. The molecule has 0 atom stereocenters. The second-order valence-corrected chi connectivity index (χ2v) is 12.1. The maximum atomic E-state index is 12.8. The third kappa shape index (κ3) is 6.40. The van der Waals surface area contributed by atoms with E-state index in [1.54, 1.807) is 25.1 Å². The third-order valence-electron chi connectivity index (χ3n) is 5.62. The van der Waals surface area contributed by atoms with Gasteiger partial charge < -0.3 is 5.32 Å². The summed E-state index contributed by atoms with van der Waals surface area (Å²) < 4.78 is 54.0. The largest absolute Gasteiger partial charge is 0.325 e. The molecule has 3 aromatic carbocycles. The van der Waals surface area contributed by atoms with Gasteiger partial charge in [-0.2, -0.15) is 0 Å². The Morgan fingerprint density at radius 3 is 2.14 bits per heavy atom. The first-order chi connectivity index (χ1) is 16.3. The number of carbonyl (C=O) groups is 1. The summed E-state index contributed by atoms with van der Waals surface area (Å²) in [6, 6.07) is 16.4. The minimum Gasteiger partial charge on any atom is -0.325 e. The van der Waals surface area contributed by atoms with Gasteiger partial charge >= 0.3 is 0 Å². The normalized spacial score (nSPS) is 11.7. The summed E-state index contributed by atoms with van der Waals surface area (Å²) in [5, 5.41) is 2.63. The molecule has 35 heavy (non-hydrogen) atoms. The number of anilines is 3. The lowest BCUT2D eigenvalue weighted by Crippen LogP contribution is -2.38. The molecule has 3 rings (SSSR count). The number of amides is 1. The summed E-state index contributed by atoms with van der Waals surface area (Å²) in [4.78, 5) is 12.7. The lowest BCUT2D eigenvalue weighted by Gasteiger charge is -2.24. The van der Waals surface area contributed by atoms with Crippen molar-refractivity contribution >= 4 is 43.0 Å². The molecular weight excluding hydrogens is 486 g/mol. The SMILES string of the molecule is Cc1ccc(C)c(NS(=O)(=O)c2ccc(NC(=O)CN(c3cccc(C)c3C)S(C)(=O)=O)cc2)c1. The molecule has 0 aliphatic rings. The number of nitrogens with zero attached hydrogens (tertiary/aromatic N) is 1. The van der Waals surface area contributed by atoms with Gasteiger partial charge in [0.2, 0.25) is 15.9 Å². The minimum atomic E-state index is -3.83. The van der Waals surface area contributed by atoms with Gasteiger partial charge in [-0.25, -0.2) is 16.8 Å². The van der Waals surface area contributed by atoms with E-state index in [4.69, 9.17) is 0 Å². The van der Waals surface area contributed by atoms with Gasteiger partial charge in [0.05, 0.1) is 22.5 Å². The molecule has 0 aliphatic carbocycles. The Balaban J connectivity index is 1.75. The van der Waals surface area contributed by atoms with Crippen molar-refractivity contribution in [2.24, 2.45) is 0 Å². The van der Waals surface area contributed by atoms with Crippen molar-refractivity contribution < 1.29 is 21.6 Å². The zero-order valence-corrected chi connectivity index (χ0v) is 21.9. The monoisotopic (exact) mass is 515 g/mol. The molecule has 0 aromatic heterocycles. The fourth-order valence-corrected chi connectivity index (χ4v) is 5.51. The molecule has 10 heteroatoms. The maximum absolute atomic E-state index is 12.8. The number of aryl methyl sites for hydroxylation is 3. The quantitative estimate of drug-likeness (QED) is 0.469. The van der Waals surface area contributed by atoms with Crippen LogP contribution < -0.4 is 14.3 Å². The molecule has 0 aliphatic heterocycles. The average Bonchev–Trinajstić information content (AvgIpc) is 2.76. The highest BCUT2D eigenvalue weighted by Gasteiger charge is 2.23. The van der Waals surface area contributed by atoms with Gasteiger partial charge in [0, 0.05) is 5.69 Å². The highest BCUT2D eigenvalue weighted by molar-refractivity contribution is 7.92. The first-order valence-electron chi connectivity index (χ1n) is 10.8. The number of benzene rings is 3. The predicted octanol–water partition coefficient (Wildman–Crippen LogP) is 4.13. The Bertz CT molecular complexity index is 1470. The predicted molar refractivity (Wildman–Crippen MR) is 140 cm³/mol. The van der Waals surface area contributed by atoms with E-state index in [0.29, 0.717) is 17.1 Å². The van der Waals surface area contributed by atoms with Gasteiger partial charge in [0.25, 0.3) is 10.0 Å². The van der Waals surface area contributed by atoms with E-state index in [-0.39, 0.29) is 4.90 Å². The van der Waals surface area contributed by atoms with E-state index in [0.717, 1.165) is 32.8 Å². The van der Waals surface area contributed by atoms with Crippen LogP contribution in [0.15, 0.2) is 65.6 Å². The Labute approximate surface area is 207 Å². The summed E-state index contributed by atoms with van der Waals surface area (Å²) in [5.41, 5.74) is 4.66. The van der Waals surface area contributed by atoms with Gasteiger partial charge in [-0.05, 0) is 86.3 Å². The second kappa shape index (κ2) is 10.1. The van der Waals surface area contributed by atoms with Crippen LogP contribution in [0.2, 0.25) is 0 Å². The van der Waals surface area contributed by atoms with Crippen LogP contribution in [0, 0.1) is 27.7 Å². The smallest absolute Gasteiger partial charge is 0.261 e. The highest BCUT2D eigenvalue weighted by atomic mass is 32.2. The molecule has 0 unspecified atom stereocenters. The Hall–Kier alpha value is -3.37. The molecule has 0 fully saturated rings. The topological polar surface area (TPSA) is 113 Å². The number of hydrogen-bond acceptors (Lipinski definition) is 5. The zero-order chi connectivity index (χ0) is 26.0. The average molecular weight is 516 g/mol. The first-order valence-corrected chi connectivity index (χ1v) is 14.1. The lowest BCUT2D eigenvalue weighted by molar-refractivity contribution is -0.114. The van der Waals surface area contributed by atoms with Gasteiger partial charge in [0.15, 0.2) is 0 Å². The third-order valence-corrected chi connectivity index (χ3v) is 8.13. The molecule has 0 saturated carbocycles. The second-order valence-electron chi connectivity index (χ2n) is 8.49. The van der Waals surface area contributed by atoms with Gasteiger partial charge in [-0.15, -0.1) is 0 Å². The number of hydrogen-bond donors (Lipinski definition) is 2. The number of nitrogens with one attached hydrogen (secondary N) is 2. The Morgan fingerprint density at radius 2 is 1.51 bits per heavy atom. The van der Waals surface area contributed by atoms with Gasteiger partial charge in [-0.1, -0.05) is 24.3 Å². The standard InChI is InChI=1S/C25H29N3O5S2/c1-17-9-10-19(3)23(15-17)27-35(32,33)22-13-11-21(12-14-22)26-25(29)16-28(34(5,30)31)24-8-6-7-18(2)20(24)4/h6-15,27H,16H2,1-5H3,(H,26,29). The van der Waals surface area contributed by atoms with Crippen LogP contribution in [0.3, 0.4) is 0 Å². The summed E-state index contributed by atoms with van der Waals surface area (Å²) >= 11 is 0. The van der Waals surface area contributed by atoms with Crippen LogP contribution in [0.4, 0.5) is 17.1 Å². The van der Waals surface area contributed by atoms with Crippen LogP contribution in [0.25, 0.3) is 0 Å². The van der Waals surface area contributed by atoms with Crippen molar-refractivity contribution in [3.63, 3.8) is 0 Å². The van der Waals surface area contributed by atoms with E-state index >= 15 is 0 Å². The maximum Gasteiger partial charge on any atom is 0.261 e. The van der Waals surface area contributed by atoms with Crippen molar-refractivity contribution in [3.05, 3.63) is 82.9 Å². The molecule has 0 radical (unpaired) electrons. The molecule has 0 bridgehead atoms. The molecule has 8 nitrogen and oxygen atoms in total. The number of sulfonamides is 2. The van der Waals surface area contributed by atoms with E-state index in [1.165, 1.54) is 24.3 Å². The molecule has 3 aromatic rings. The number of carbonyl (C=O) groups excluding carboxylic acids is 1. The van der Waals surface area contributed by atoms with Crippen LogP contribution in [0.1, 0.15) is 22.3 Å². The van der Waals surface area contributed by atoms with E-state index in [9.17, 15) is 21.6 Å². The van der Waals surface area contributed by atoms with Crippen LogP contribution in [0.5, 0.6) is 0 Å². The van der Waals surface area contributed by atoms with E-state index in [1.807, 2.05) is 39.0 Å². The summed E-state index contributed by atoms with van der Waals surface area (Å²) in [6.45, 7) is 6.93. The van der Waals surface area contributed by atoms with Crippen LogP contribution in [-0.4, -0.2) is 35.5 Å². The van der Waals surface area contributed by atoms with E-state index < -0.39 is 32.5 Å². The summed E-state index contributed by atoms with van der Waals surface area (Å²) in [6.07, 6.45) is 1.05. The van der Waals surface area contributed by atoms with Crippen LogP contribution >= 0.6 is 0 Å². The fraction of sp³-hybridized carbons (Fsp3) is 0.240. The molecule has 0 spiro atoms. The van der Waals surface area contributed by atoms with Crippen LogP contribution in [-0.2, 0) is 24.8 Å². The van der Waals surface area contributed by atoms with Gasteiger partial charge in [0.1, 0.15) is 6.54 Å². The van der Waals surface area contributed by atoms with E-state index in [2.05, 4.69) is 10.0 Å². The summed E-state index contributed by atoms with van der Waals surface area (Å²) in [7, 11) is -7.55. The van der Waals surface area contributed by atoms with Crippen molar-refractivity contribution in [1.82, 2.24) is 0 Å². The van der Waals surface area contributed by atoms with Crippen molar-refractivity contribution in [1.29, 1.82) is 0 Å². The summed E-state index contributed by atoms with van der Waals surface area (Å²) in [5.74, 6) is -0.555. The Kier molecular flexibility index (Phi) is 7.56. The minimum absolute atomic E-state index is 0.0320. The number of rotatable bonds is 8. The van der Waals surface area contributed by atoms with Crippen molar-refractivity contribution in [2.75, 3.05) is 27.1 Å². The fourth-order valence-electron chi connectivity index (χ4n) is 3.48. The lowest BCUT2D eigenvalue weighted by atomic mass is 10.1. The van der Waals surface area contributed by atoms with Crippen molar-refractivity contribution in [2.45, 2.75) is 32.6 Å². The molecule has 1 amide bonds. The van der Waals surface area contributed by atoms with Crippen molar-refractivity contribution in [3.8, 4) is 0 Å². The first kappa shape index (κ1) is 26.2. The Morgan fingerprint density at radius 1 is 0.857 bits per heavy atom.